The number of nitrogens with zero attached hydrogens (tertiary/aromatic N) is 4. The summed E-state index contributed by atoms with van der Waals surface area (Å²) in [6.45, 7) is 3.71. The van der Waals surface area contributed by atoms with Crippen LogP contribution in [0.1, 0.15) is 43.0 Å². The molecule has 0 aromatic carbocycles. The van der Waals surface area contributed by atoms with Crippen LogP contribution < -0.4 is 5.32 Å². The second-order valence-electron chi connectivity index (χ2n) is 7.57. The number of nitrogens with one attached hydrogen (secondary N) is 1. The Balaban J connectivity index is 1.25. The number of fused-ring (bicyclic) bond motifs is 1. The molecule has 6 nitrogen and oxygen atoms in total. The second-order valence-corrected chi connectivity index (χ2v) is 7.57. The summed E-state index contributed by atoms with van der Waals surface area (Å²) in [6, 6.07) is 0.484. The van der Waals surface area contributed by atoms with Gasteiger partial charge in [-0.2, -0.15) is 0 Å². The van der Waals surface area contributed by atoms with Crippen molar-refractivity contribution >= 4 is 6.03 Å². The van der Waals surface area contributed by atoms with Crippen molar-refractivity contribution in [2.24, 2.45) is 5.92 Å². The minimum Gasteiger partial charge on any atom is -0.338 e. The summed E-state index contributed by atoms with van der Waals surface area (Å²) in [5.74, 6) is 2.26. The van der Waals surface area contributed by atoms with Gasteiger partial charge in [0.25, 0.3) is 0 Å². The molecule has 1 aromatic heterocycles. The lowest BCUT2D eigenvalue weighted by atomic mass is 9.92. The maximum absolute atomic E-state index is 12.5. The van der Waals surface area contributed by atoms with Crippen molar-refractivity contribution in [2.75, 3.05) is 33.2 Å². The van der Waals surface area contributed by atoms with E-state index >= 15 is 0 Å². The molecule has 2 atom stereocenters. The number of piperidine rings is 1. The van der Waals surface area contributed by atoms with E-state index in [4.69, 9.17) is 0 Å². The van der Waals surface area contributed by atoms with Gasteiger partial charge in [-0.15, -0.1) is 0 Å². The van der Waals surface area contributed by atoms with Gasteiger partial charge in [0.15, 0.2) is 0 Å². The summed E-state index contributed by atoms with van der Waals surface area (Å²) in [6.07, 6.45) is 9.44. The summed E-state index contributed by atoms with van der Waals surface area (Å²) in [7, 11) is 2.15. The van der Waals surface area contributed by atoms with Gasteiger partial charge in [-0.3, -0.25) is 0 Å². The third kappa shape index (κ3) is 3.38. The smallest absolute Gasteiger partial charge is 0.317 e. The standard InChI is InChI=1S/C18H27N5O/c1-22-8-5-14-6-9-23(16(14)12-22)18(24)19-7-4-13-10-20-17(21-11-13)15-2-3-15/h10-11,14-16H,2-9,12H2,1H3,(H,19,24)/t14-,16+/m1/s1. The highest BCUT2D eigenvalue weighted by Crippen LogP contribution is 2.37. The topological polar surface area (TPSA) is 61.4 Å². The lowest BCUT2D eigenvalue weighted by molar-refractivity contribution is 0.131. The molecule has 6 heteroatoms. The van der Waals surface area contributed by atoms with Gasteiger partial charge in [-0.25, -0.2) is 14.8 Å². The fraction of sp³-hybridized carbons (Fsp3) is 0.722. The van der Waals surface area contributed by atoms with Crippen molar-refractivity contribution in [3.8, 4) is 0 Å². The lowest BCUT2D eigenvalue weighted by Crippen LogP contribution is -2.51. The molecule has 130 valence electrons. The maximum Gasteiger partial charge on any atom is 0.317 e. The number of carbonyl (C=O) groups excluding carboxylic acids is 1. The molecule has 3 aliphatic rings. The third-order valence-electron chi connectivity index (χ3n) is 5.68. The lowest BCUT2D eigenvalue weighted by Gasteiger charge is -2.36. The molecule has 2 amide bonds. The molecule has 0 spiro atoms. The van der Waals surface area contributed by atoms with E-state index < -0.39 is 0 Å². The minimum atomic E-state index is 0.0910. The highest BCUT2D eigenvalue weighted by Gasteiger charge is 2.39. The van der Waals surface area contributed by atoms with Gasteiger partial charge in [-0.1, -0.05) is 0 Å². The Hall–Kier alpha value is -1.69. The SMILES string of the molecule is CN1CC[C@@H]2CCN(C(=O)NCCc3cnc(C4CC4)nc3)[C@H]2C1. The Morgan fingerprint density at radius 2 is 1.96 bits per heavy atom. The molecule has 1 aromatic rings. The Morgan fingerprint density at radius 1 is 1.21 bits per heavy atom. The molecule has 3 heterocycles. The molecule has 0 bridgehead atoms. The van der Waals surface area contributed by atoms with Crippen molar-refractivity contribution in [2.45, 2.75) is 44.1 Å². The normalized spacial score (nSPS) is 27.1. The van der Waals surface area contributed by atoms with Gasteiger partial charge in [-0.05, 0) is 57.2 Å². The van der Waals surface area contributed by atoms with E-state index in [1.807, 2.05) is 17.3 Å². The molecular weight excluding hydrogens is 302 g/mol. The summed E-state index contributed by atoms with van der Waals surface area (Å²) < 4.78 is 0. The van der Waals surface area contributed by atoms with Gasteiger partial charge in [0.2, 0.25) is 0 Å². The zero-order valence-electron chi connectivity index (χ0n) is 14.4. The van der Waals surface area contributed by atoms with E-state index in [-0.39, 0.29) is 6.03 Å². The number of aromatic nitrogens is 2. The molecule has 0 unspecified atom stereocenters. The Bertz CT molecular complexity index is 586. The van der Waals surface area contributed by atoms with E-state index in [1.165, 1.54) is 19.3 Å². The Morgan fingerprint density at radius 3 is 2.71 bits per heavy atom. The average molecular weight is 329 g/mol. The molecule has 3 fully saturated rings. The van der Waals surface area contributed by atoms with Crippen LogP contribution in [0.15, 0.2) is 12.4 Å². The molecule has 1 saturated carbocycles. The predicted octanol–water partition coefficient (Wildman–Crippen LogP) is 1.63. The number of rotatable bonds is 4. The van der Waals surface area contributed by atoms with E-state index in [0.29, 0.717) is 24.4 Å². The summed E-state index contributed by atoms with van der Waals surface area (Å²) in [4.78, 5) is 25.8. The van der Waals surface area contributed by atoms with Crippen LogP contribution in [0.5, 0.6) is 0 Å². The van der Waals surface area contributed by atoms with Crippen LogP contribution in [0.3, 0.4) is 0 Å². The highest BCUT2D eigenvalue weighted by molar-refractivity contribution is 5.75. The first-order valence-corrected chi connectivity index (χ1v) is 9.24. The van der Waals surface area contributed by atoms with Crippen LogP contribution >= 0.6 is 0 Å². The Kier molecular flexibility index (Phi) is 4.39. The monoisotopic (exact) mass is 329 g/mol. The van der Waals surface area contributed by atoms with Crippen molar-refractivity contribution < 1.29 is 4.79 Å². The molecule has 2 saturated heterocycles. The molecule has 0 radical (unpaired) electrons. The van der Waals surface area contributed by atoms with Crippen LogP contribution in [-0.2, 0) is 6.42 Å². The van der Waals surface area contributed by atoms with Crippen LogP contribution in [0.25, 0.3) is 0 Å². The summed E-state index contributed by atoms with van der Waals surface area (Å²) in [5, 5.41) is 3.08. The largest absolute Gasteiger partial charge is 0.338 e. The van der Waals surface area contributed by atoms with Crippen LogP contribution in [-0.4, -0.2) is 65.1 Å². The number of carbonyl (C=O) groups is 1. The van der Waals surface area contributed by atoms with E-state index in [0.717, 1.165) is 43.9 Å². The van der Waals surface area contributed by atoms with Crippen LogP contribution in [0.2, 0.25) is 0 Å². The first-order chi connectivity index (χ1) is 11.7. The maximum atomic E-state index is 12.5. The number of hydrogen-bond acceptors (Lipinski definition) is 4. The van der Waals surface area contributed by atoms with Crippen LogP contribution in [0, 0.1) is 5.92 Å². The van der Waals surface area contributed by atoms with Crippen LogP contribution in [0.4, 0.5) is 4.79 Å². The van der Waals surface area contributed by atoms with Gasteiger partial charge in [0, 0.05) is 44.0 Å². The predicted molar refractivity (Wildman–Crippen MR) is 91.8 cm³/mol. The average Bonchev–Trinajstić information content (AvgIpc) is 3.35. The highest BCUT2D eigenvalue weighted by atomic mass is 16.2. The third-order valence-corrected chi connectivity index (χ3v) is 5.68. The number of hydrogen-bond donors (Lipinski definition) is 1. The van der Waals surface area contributed by atoms with E-state index in [9.17, 15) is 4.79 Å². The summed E-state index contributed by atoms with van der Waals surface area (Å²) in [5.41, 5.74) is 1.09. The summed E-state index contributed by atoms with van der Waals surface area (Å²) >= 11 is 0. The number of amides is 2. The number of likely N-dealkylation sites (tertiary alicyclic amines) is 2. The van der Waals surface area contributed by atoms with Gasteiger partial charge < -0.3 is 15.1 Å². The number of urea groups is 1. The molecule has 1 aliphatic carbocycles. The molecule has 4 rings (SSSR count). The zero-order chi connectivity index (χ0) is 16.5. The quantitative estimate of drug-likeness (QED) is 0.912. The van der Waals surface area contributed by atoms with Crippen molar-refractivity contribution in [1.82, 2.24) is 25.1 Å². The van der Waals surface area contributed by atoms with Crippen molar-refractivity contribution in [1.29, 1.82) is 0 Å². The first-order valence-electron chi connectivity index (χ1n) is 9.24. The van der Waals surface area contributed by atoms with E-state index in [2.05, 4.69) is 27.2 Å². The van der Waals surface area contributed by atoms with Crippen molar-refractivity contribution in [3.05, 3.63) is 23.8 Å². The second kappa shape index (κ2) is 6.67. The Labute approximate surface area is 143 Å². The van der Waals surface area contributed by atoms with Gasteiger partial charge in [0.1, 0.15) is 5.82 Å². The first kappa shape index (κ1) is 15.8. The molecule has 1 N–H and O–H groups in total. The number of likely N-dealkylation sites (N-methyl/N-ethyl adjacent to an activating group) is 1. The van der Waals surface area contributed by atoms with Gasteiger partial charge >= 0.3 is 6.03 Å². The zero-order valence-corrected chi connectivity index (χ0v) is 14.4. The van der Waals surface area contributed by atoms with Crippen molar-refractivity contribution in [3.63, 3.8) is 0 Å². The fourth-order valence-electron chi connectivity index (χ4n) is 4.01. The van der Waals surface area contributed by atoms with E-state index in [1.54, 1.807) is 0 Å². The minimum absolute atomic E-state index is 0.0910. The molecular formula is C18H27N5O. The van der Waals surface area contributed by atoms with Gasteiger partial charge in [0.05, 0.1) is 0 Å². The molecule has 24 heavy (non-hydrogen) atoms. The fourth-order valence-corrected chi connectivity index (χ4v) is 4.01. The molecule has 2 aliphatic heterocycles.